The first kappa shape index (κ1) is 17.4. The maximum absolute atomic E-state index is 11.3. The zero-order valence-electron chi connectivity index (χ0n) is 15.4. The molecule has 0 unspecified atom stereocenters. The summed E-state index contributed by atoms with van der Waals surface area (Å²) in [6.07, 6.45) is 7.10. The summed E-state index contributed by atoms with van der Waals surface area (Å²) in [5, 5.41) is 7.36. The van der Waals surface area contributed by atoms with Crippen molar-refractivity contribution in [3.8, 4) is 0 Å². The van der Waals surface area contributed by atoms with Gasteiger partial charge in [0.1, 0.15) is 5.82 Å². The van der Waals surface area contributed by atoms with Gasteiger partial charge in [-0.1, -0.05) is 6.08 Å². The molecule has 0 saturated carbocycles. The largest absolute Gasteiger partial charge is 0.331 e. The third kappa shape index (κ3) is 3.99. The molecule has 2 aromatic rings. The van der Waals surface area contributed by atoms with Crippen molar-refractivity contribution in [2.24, 2.45) is 7.05 Å². The maximum atomic E-state index is 11.3. The lowest BCUT2D eigenvalue weighted by Crippen LogP contribution is -2.30. The summed E-state index contributed by atoms with van der Waals surface area (Å²) in [7, 11) is 1.84. The molecule has 0 atom stereocenters. The Labute approximate surface area is 148 Å². The van der Waals surface area contributed by atoms with Gasteiger partial charge in [-0.2, -0.15) is 5.10 Å². The van der Waals surface area contributed by atoms with Crippen molar-refractivity contribution < 1.29 is 4.79 Å². The van der Waals surface area contributed by atoms with Gasteiger partial charge in [0.25, 0.3) is 0 Å². The van der Waals surface area contributed by atoms with Gasteiger partial charge in [0, 0.05) is 51.9 Å². The topological polar surface area (TPSA) is 68.0 Å². The van der Waals surface area contributed by atoms with Crippen LogP contribution in [-0.2, 0) is 18.4 Å². The van der Waals surface area contributed by atoms with Crippen LogP contribution in [0.3, 0.4) is 0 Å². The number of aromatic nitrogens is 4. The number of nitrogens with one attached hydrogen (secondary N) is 1. The van der Waals surface area contributed by atoms with E-state index in [4.69, 9.17) is 0 Å². The Morgan fingerprint density at radius 2 is 2.20 bits per heavy atom. The van der Waals surface area contributed by atoms with Crippen molar-refractivity contribution in [3.63, 3.8) is 0 Å². The van der Waals surface area contributed by atoms with Crippen molar-refractivity contribution >= 4 is 17.3 Å². The fraction of sp³-hybridized carbons (Fsp3) is 0.500. The highest BCUT2D eigenvalue weighted by Gasteiger charge is 2.19. The molecule has 0 saturated heterocycles. The lowest BCUT2D eigenvalue weighted by atomic mass is 10.1. The summed E-state index contributed by atoms with van der Waals surface area (Å²) in [5.41, 5.74) is 3.36. The van der Waals surface area contributed by atoms with Crippen molar-refractivity contribution in [1.29, 1.82) is 0 Å². The SMILES string of the molecule is CC(=O)Nc1cc(C2=CCCN(Cc3cncn3C(C)C)C2)nn1C. The Balaban J connectivity index is 1.72. The number of anilines is 1. The molecule has 0 aromatic carbocycles. The van der Waals surface area contributed by atoms with E-state index in [1.54, 1.807) is 4.68 Å². The van der Waals surface area contributed by atoms with Crippen LogP contribution in [0.15, 0.2) is 24.7 Å². The van der Waals surface area contributed by atoms with Gasteiger partial charge in [0.2, 0.25) is 5.91 Å². The Bertz CT molecular complexity index is 785. The number of amides is 1. The van der Waals surface area contributed by atoms with Gasteiger partial charge in [-0.25, -0.2) is 4.98 Å². The fourth-order valence-electron chi connectivity index (χ4n) is 3.20. The molecule has 134 valence electrons. The van der Waals surface area contributed by atoms with Gasteiger partial charge in [0.15, 0.2) is 0 Å². The van der Waals surface area contributed by atoms with Crippen molar-refractivity contribution in [2.75, 3.05) is 18.4 Å². The Morgan fingerprint density at radius 1 is 1.40 bits per heavy atom. The monoisotopic (exact) mass is 342 g/mol. The van der Waals surface area contributed by atoms with Crippen LogP contribution >= 0.6 is 0 Å². The van der Waals surface area contributed by atoms with E-state index in [2.05, 4.69) is 44.8 Å². The third-order valence-electron chi connectivity index (χ3n) is 4.43. The molecule has 1 amide bonds. The van der Waals surface area contributed by atoms with E-state index in [0.717, 1.165) is 37.6 Å². The highest BCUT2D eigenvalue weighted by molar-refractivity contribution is 5.88. The number of carbonyl (C=O) groups is 1. The molecule has 7 nitrogen and oxygen atoms in total. The van der Waals surface area contributed by atoms with Crippen LogP contribution in [0.1, 0.15) is 44.6 Å². The summed E-state index contributed by atoms with van der Waals surface area (Å²) in [6, 6.07) is 2.35. The van der Waals surface area contributed by atoms with E-state index >= 15 is 0 Å². The van der Waals surface area contributed by atoms with Gasteiger partial charge >= 0.3 is 0 Å². The van der Waals surface area contributed by atoms with Crippen LogP contribution in [0.4, 0.5) is 5.82 Å². The molecule has 0 aliphatic carbocycles. The molecule has 2 aromatic heterocycles. The predicted molar refractivity (Wildman–Crippen MR) is 98.0 cm³/mol. The second-order valence-electron chi connectivity index (χ2n) is 6.83. The molecule has 1 aliphatic heterocycles. The number of rotatable bonds is 5. The Hall–Kier alpha value is -2.41. The number of hydrogen-bond donors (Lipinski definition) is 1. The lowest BCUT2D eigenvalue weighted by molar-refractivity contribution is -0.114. The van der Waals surface area contributed by atoms with E-state index < -0.39 is 0 Å². The highest BCUT2D eigenvalue weighted by Crippen LogP contribution is 2.24. The molecule has 0 fully saturated rings. The highest BCUT2D eigenvalue weighted by atomic mass is 16.1. The smallest absolute Gasteiger partial charge is 0.222 e. The van der Waals surface area contributed by atoms with Gasteiger partial charge in [-0.15, -0.1) is 0 Å². The second-order valence-corrected chi connectivity index (χ2v) is 6.83. The van der Waals surface area contributed by atoms with Crippen molar-refractivity contribution in [1.82, 2.24) is 24.2 Å². The van der Waals surface area contributed by atoms with Crippen molar-refractivity contribution in [3.05, 3.63) is 36.1 Å². The van der Waals surface area contributed by atoms with E-state index in [9.17, 15) is 4.79 Å². The van der Waals surface area contributed by atoms with Crippen LogP contribution in [-0.4, -0.2) is 43.2 Å². The summed E-state index contributed by atoms with van der Waals surface area (Å²) < 4.78 is 3.93. The Kier molecular flexibility index (Phi) is 5.03. The summed E-state index contributed by atoms with van der Waals surface area (Å²) in [5.74, 6) is 0.633. The first-order chi connectivity index (χ1) is 11.9. The minimum Gasteiger partial charge on any atom is -0.331 e. The third-order valence-corrected chi connectivity index (χ3v) is 4.43. The minimum atomic E-state index is -0.0873. The standard InChI is InChI=1S/C18H26N6O/c1-13(2)24-12-19-9-16(24)11-23-7-5-6-15(10-23)17-8-18(20-14(3)25)22(4)21-17/h6,8-9,12-13H,5,7,10-11H2,1-4H3,(H,20,25). The van der Waals surface area contributed by atoms with Gasteiger partial charge in [-0.3, -0.25) is 14.4 Å². The number of hydrogen-bond acceptors (Lipinski definition) is 4. The van der Waals surface area contributed by atoms with E-state index in [1.807, 2.05) is 25.6 Å². The van der Waals surface area contributed by atoms with E-state index in [1.165, 1.54) is 18.2 Å². The van der Waals surface area contributed by atoms with Crippen LogP contribution in [0.2, 0.25) is 0 Å². The van der Waals surface area contributed by atoms with E-state index in [0.29, 0.717) is 6.04 Å². The molecule has 0 bridgehead atoms. The molecule has 3 heterocycles. The minimum absolute atomic E-state index is 0.0873. The zero-order valence-corrected chi connectivity index (χ0v) is 15.4. The molecule has 1 aliphatic rings. The zero-order chi connectivity index (χ0) is 18.0. The first-order valence-corrected chi connectivity index (χ1v) is 8.68. The van der Waals surface area contributed by atoms with Gasteiger partial charge in [0.05, 0.1) is 17.7 Å². The van der Waals surface area contributed by atoms with Crippen LogP contribution in [0.5, 0.6) is 0 Å². The molecule has 0 spiro atoms. The number of aryl methyl sites for hydroxylation is 1. The quantitative estimate of drug-likeness (QED) is 0.906. The van der Waals surface area contributed by atoms with Crippen LogP contribution in [0.25, 0.3) is 5.57 Å². The average molecular weight is 342 g/mol. The molecule has 25 heavy (non-hydrogen) atoms. The lowest BCUT2D eigenvalue weighted by Gasteiger charge is -2.27. The average Bonchev–Trinajstić information content (AvgIpc) is 3.15. The second kappa shape index (κ2) is 7.23. The first-order valence-electron chi connectivity index (χ1n) is 8.68. The predicted octanol–water partition coefficient (Wildman–Crippen LogP) is 2.45. The van der Waals surface area contributed by atoms with Gasteiger partial charge < -0.3 is 9.88 Å². The Morgan fingerprint density at radius 3 is 2.92 bits per heavy atom. The molecule has 3 rings (SSSR count). The van der Waals surface area contributed by atoms with Crippen LogP contribution in [0, 0.1) is 0 Å². The van der Waals surface area contributed by atoms with Crippen molar-refractivity contribution in [2.45, 2.75) is 39.8 Å². The summed E-state index contributed by atoms with van der Waals surface area (Å²) >= 11 is 0. The summed E-state index contributed by atoms with van der Waals surface area (Å²) in [4.78, 5) is 18.0. The summed E-state index contributed by atoms with van der Waals surface area (Å²) in [6.45, 7) is 8.60. The van der Waals surface area contributed by atoms with Crippen LogP contribution < -0.4 is 5.32 Å². The van der Waals surface area contributed by atoms with E-state index in [-0.39, 0.29) is 5.91 Å². The number of carbonyl (C=O) groups excluding carboxylic acids is 1. The molecular weight excluding hydrogens is 316 g/mol. The maximum Gasteiger partial charge on any atom is 0.222 e. The molecule has 7 heteroatoms. The number of imidazole rings is 1. The van der Waals surface area contributed by atoms with Gasteiger partial charge in [-0.05, 0) is 25.8 Å². The molecule has 1 N–H and O–H groups in total. The molecular formula is C18H26N6O. The normalized spacial score (nSPS) is 15.5. The number of nitrogens with zero attached hydrogens (tertiary/aromatic N) is 5. The fourth-order valence-corrected chi connectivity index (χ4v) is 3.20. The molecule has 0 radical (unpaired) electrons.